The second-order valence-electron chi connectivity index (χ2n) is 4.85. The summed E-state index contributed by atoms with van der Waals surface area (Å²) in [6, 6.07) is 3.26. The number of thioether (sulfide) groups is 1. The molecule has 1 saturated heterocycles. The number of H-pyrrole nitrogens is 1. The smallest absolute Gasteiger partial charge is 0.325 e. The molecule has 0 bridgehead atoms. The molecule has 0 saturated carbocycles. The van der Waals surface area contributed by atoms with Crippen molar-refractivity contribution in [2.45, 2.75) is 16.9 Å². The van der Waals surface area contributed by atoms with Crippen molar-refractivity contribution >= 4 is 38.8 Å². The first-order valence-electron chi connectivity index (χ1n) is 6.22. The van der Waals surface area contributed by atoms with Crippen molar-refractivity contribution in [1.29, 1.82) is 0 Å². The Kier molecular flexibility index (Phi) is 3.42. The van der Waals surface area contributed by atoms with Gasteiger partial charge in [-0.25, -0.2) is 13.4 Å². The van der Waals surface area contributed by atoms with Gasteiger partial charge in [0.25, 0.3) is 0 Å². The van der Waals surface area contributed by atoms with E-state index in [1.54, 1.807) is 18.3 Å². The molecule has 0 spiro atoms. The third-order valence-corrected chi connectivity index (χ3v) is 6.23. The second-order valence-corrected chi connectivity index (χ2v) is 7.60. The molecule has 1 atom stereocenters. The Morgan fingerprint density at radius 3 is 3.00 bits per heavy atom. The number of carbonyl (C=O) groups is 1. The van der Waals surface area contributed by atoms with Crippen molar-refractivity contribution < 1.29 is 18.3 Å². The minimum Gasteiger partial charge on any atom is -0.480 e. The van der Waals surface area contributed by atoms with Gasteiger partial charge in [-0.05, 0) is 24.3 Å². The van der Waals surface area contributed by atoms with Crippen molar-refractivity contribution in [3.05, 3.63) is 24.5 Å². The van der Waals surface area contributed by atoms with Gasteiger partial charge in [0.15, 0.2) is 0 Å². The number of nitrogens with one attached hydrogen (secondary N) is 2. The summed E-state index contributed by atoms with van der Waals surface area (Å²) < 4.78 is 27.4. The second kappa shape index (κ2) is 5.00. The quantitative estimate of drug-likeness (QED) is 0.766. The molecule has 1 fully saturated rings. The van der Waals surface area contributed by atoms with E-state index in [2.05, 4.69) is 14.7 Å². The number of carboxylic acid groups (broad SMARTS) is 1. The van der Waals surface area contributed by atoms with Gasteiger partial charge in [-0.2, -0.15) is 16.5 Å². The van der Waals surface area contributed by atoms with Crippen molar-refractivity contribution in [2.75, 3.05) is 11.5 Å². The number of aromatic amines is 1. The molecule has 9 heteroatoms. The highest BCUT2D eigenvalue weighted by molar-refractivity contribution is 7.99. The summed E-state index contributed by atoms with van der Waals surface area (Å²) in [5.41, 5.74) is -0.988. The molecule has 1 aliphatic rings. The molecule has 112 valence electrons. The van der Waals surface area contributed by atoms with Crippen LogP contribution in [0.15, 0.2) is 29.4 Å². The van der Waals surface area contributed by atoms with Crippen LogP contribution in [0.25, 0.3) is 11.0 Å². The molecular formula is C12H13N3O4S2. The zero-order valence-corrected chi connectivity index (χ0v) is 12.5. The molecule has 1 unspecified atom stereocenters. The van der Waals surface area contributed by atoms with Crippen molar-refractivity contribution in [1.82, 2.24) is 14.7 Å². The number of pyridine rings is 1. The summed E-state index contributed by atoms with van der Waals surface area (Å²) in [7, 11) is -3.95. The molecule has 0 amide bonds. The number of hydrogen-bond acceptors (Lipinski definition) is 5. The van der Waals surface area contributed by atoms with Crippen LogP contribution in [-0.4, -0.2) is 46.5 Å². The number of nitrogens with zero attached hydrogens (tertiary/aromatic N) is 1. The van der Waals surface area contributed by atoms with E-state index >= 15 is 0 Å². The van der Waals surface area contributed by atoms with Gasteiger partial charge in [0.1, 0.15) is 16.1 Å². The maximum atomic E-state index is 12.5. The Morgan fingerprint density at radius 2 is 2.33 bits per heavy atom. The van der Waals surface area contributed by atoms with Crippen LogP contribution in [0.1, 0.15) is 6.42 Å². The Bertz CT molecular complexity index is 794. The predicted octanol–water partition coefficient (Wildman–Crippen LogP) is 0.801. The van der Waals surface area contributed by atoms with Crippen LogP contribution < -0.4 is 4.72 Å². The van der Waals surface area contributed by atoms with Gasteiger partial charge >= 0.3 is 5.97 Å². The van der Waals surface area contributed by atoms with Gasteiger partial charge in [-0.1, -0.05) is 0 Å². The lowest BCUT2D eigenvalue weighted by molar-refractivity contribution is -0.142. The molecule has 0 aliphatic carbocycles. The summed E-state index contributed by atoms with van der Waals surface area (Å²) in [6.07, 6.45) is 3.15. The fraction of sp³-hybridized carbons (Fsp3) is 0.333. The van der Waals surface area contributed by atoms with Gasteiger partial charge in [-0.3, -0.25) is 4.79 Å². The van der Waals surface area contributed by atoms with Gasteiger partial charge in [-0.15, -0.1) is 0 Å². The molecule has 3 N–H and O–H groups in total. The number of sulfonamides is 1. The molecule has 2 aromatic heterocycles. The summed E-state index contributed by atoms with van der Waals surface area (Å²) in [4.78, 5) is 18.3. The highest BCUT2D eigenvalue weighted by Crippen LogP contribution is 2.31. The highest BCUT2D eigenvalue weighted by atomic mass is 32.2. The Morgan fingerprint density at radius 1 is 1.52 bits per heavy atom. The fourth-order valence-electron chi connectivity index (χ4n) is 2.32. The minimum absolute atomic E-state index is 0.0168. The van der Waals surface area contributed by atoms with Gasteiger partial charge in [0.05, 0.1) is 0 Å². The van der Waals surface area contributed by atoms with E-state index in [0.29, 0.717) is 16.8 Å². The third-order valence-electron chi connectivity index (χ3n) is 3.46. The average molecular weight is 327 g/mol. The first-order chi connectivity index (χ1) is 9.95. The van der Waals surface area contributed by atoms with E-state index in [9.17, 15) is 18.3 Å². The van der Waals surface area contributed by atoms with Crippen LogP contribution in [0.3, 0.4) is 0 Å². The van der Waals surface area contributed by atoms with E-state index in [1.807, 2.05) is 0 Å². The monoisotopic (exact) mass is 327 g/mol. The fourth-order valence-corrected chi connectivity index (χ4v) is 5.29. The Labute approximate surface area is 125 Å². The van der Waals surface area contributed by atoms with Gasteiger partial charge in [0.2, 0.25) is 10.0 Å². The molecule has 0 aromatic carbocycles. The molecule has 3 rings (SSSR count). The van der Waals surface area contributed by atoms with Crippen molar-refractivity contribution in [2.24, 2.45) is 0 Å². The maximum absolute atomic E-state index is 12.5. The minimum atomic E-state index is -3.95. The van der Waals surface area contributed by atoms with Crippen LogP contribution >= 0.6 is 11.8 Å². The Hall–Kier alpha value is -1.58. The van der Waals surface area contributed by atoms with E-state index in [1.165, 1.54) is 18.0 Å². The molecular weight excluding hydrogens is 314 g/mol. The zero-order chi connectivity index (χ0) is 15.1. The maximum Gasteiger partial charge on any atom is 0.325 e. The lowest BCUT2D eigenvalue weighted by atomic mass is 10.0. The zero-order valence-electron chi connectivity index (χ0n) is 10.9. The molecule has 3 heterocycles. The predicted molar refractivity (Wildman–Crippen MR) is 78.7 cm³/mol. The van der Waals surface area contributed by atoms with E-state index < -0.39 is 21.5 Å². The van der Waals surface area contributed by atoms with Crippen LogP contribution in [0.4, 0.5) is 0 Å². The average Bonchev–Trinajstić information content (AvgIpc) is 3.05. The first kappa shape index (κ1) is 14.4. The van der Waals surface area contributed by atoms with Crippen LogP contribution in [0.2, 0.25) is 0 Å². The number of carboxylic acids is 1. The summed E-state index contributed by atoms with van der Waals surface area (Å²) >= 11 is 1.42. The van der Waals surface area contributed by atoms with Crippen molar-refractivity contribution in [3.8, 4) is 0 Å². The van der Waals surface area contributed by atoms with Gasteiger partial charge in [0, 0.05) is 23.5 Å². The standard InChI is InChI=1S/C12H13N3O4S2/c16-11(17)12(3-5-20-7-12)15-21(18,19)9-6-14-10-8(9)2-1-4-13-10/h1-2,4,6,15H,3,5,7H2,(H,13,14)(H,16,17). The number of aromatic nitrogens is 2. The van der Waals surface area contributed by atoms with Crippen LogP contribution in [-0.2, 0) is 14.8 Å². The molecule has 21 heavy (non-hydrogen) atoms. The number of fused-ring (bicyclic) bond motifs is 1. The number of hydrogen-bond donors (Lipinski definition) is 3. The summed E-state index contributed by atoms with van der Waals surface area (Å²) in [6.45, 7) is 0. The lowest BCUT2D eigenvalue weighted by Crippen LogP contribution is -2.54. The topological polar surface area (TPSA) is 112 Å². The van der Waals surface area contributed by atoms with E-state index in [-0.39, 0.29) is 17.1 Å². The third kappa shape index (κ3) is 2.41. The summed E-state index contributed by atoms with van der Waals surface area (Å²) in [5, 5.41) is 9.82. The summed E-state index contributed by atoms with van der Waals surface area (Å²) in [5.74, 6) is -0.305. The van der Waals surface area contributed by atoms with Crippen molar-refractivity contribution in [3.63, 3.8) is 0 Å². The molecule has 7 nitrogen and oxygen atoms in total. The SMILES string of the molecule is O=C(O)C1(NS(=O)(=O)c2c[nH]c3ncccc23)CCSC1. The largest absolute Gasteiger partial charge is 0.480 e. The molecule has 1 aliphatic heterocycles. The Balaban J connectivity index is 2.03. The molecule has 0 radical (unpaired) electrons. The number of aliphatic carboxylic acids is 1. The van der Waals surface area contributed by atoms with Crippen LogP contribution in [0.5, 0.6) is 0 Å². The molecule has 2 aromatic rings. The number of rotatable bonds is 4. The van der Waals surface area contributed by atoms with E-state index in [4.69, 9.17) is 0 Å². The highest BCUT2D eigenvalue weighted by Gasteiger charge is 2.45. The first-order valence-corrected chi connectivity index (χ1v) is 8.86. The van der Waals surface area contributed by atoms with Crippen LogP contribution in [0, 0.1) is 0 Å². The normalized spacial score (nSPS) is 22.7. The lowest BCUT2D eigenvalue weighted by Gasteiger charge is -2.24. The van der Waals surface area contributed by atoms with E-state index in [0.717, 1.165) is 0 Å². The van der Waals surface area contributed by atoms with Gasteiger partial charge < -0.3 is 10.1 Å².